The maximum Gasteiger partial charge on any atom is -0.00384 e. The van der Waals surface area contributed by atoms with E-state index in [0.29, 0.717) is 5.41 Å². The van der Waals surface area contributed by atoms with Crippen molar-refractivity contribution in [2.75, 3.05) is 5.75 Å². The van der Waals surface area contributed by atoms with Gasteiger partial charge < -0.3 is 0 Å². The third-order valence-electron chi connectivity index (χ3n) is 4.09. The minimum Gasteiger partial charge on any atom is -0.179 e. The Morgan fingerprint density at radius 2 is 1.91 bits per heavy atom. The predicted octanol–water partition coefficient (Wildman–Crippen LogP) is 3.23. The molecular formula is C10H20S. The first kappa shape index (κ1) is 9.44. The quantitative estimate of drug-likeness (QED) is 0.607. The van der Waals surface area contributed by atoms with Gasteiger partial charge in [0.15, 0.2) is 0 Å². The summed E-state index contributed by atoms with van der Waals surface area (Å²) >= 11 is 4.45. The van der Waals surface area contributed by atoms with Crippen molar-refractivity contribution in [3.63, 3.8) is 0 Å². The molecule has 0 aromatic rings. The van der Waals surface area contributed by atoms with Gasteiger partial charge in [0.05, 0.1) is 0 Å². The van der Waals surface area contributed by atoms with Crippen LogP contribution in [0.25, 0.3) is 0 Å². The van der Waals surface area contributed by atoms with Gasteiger partial charge in [-0.3, -0.25) is 0 Å². The molecule has 0 spiro atoms. The summed E-state index contributed by atoms with van der Waals surface area (Å²) in [5.74, 6) is 3.74. The Morgan fingerprint density at radius 3 is 2.18 bits per heavy atom. The van der Waals surface area contributed by atoms with E-state index in [1.54, 1.807) is 0 Å². The molecule has 0 aromatic heterocycles. The Morgan fingerprint density at radius 1 is 1.36 bits per heavy atom. The molecule has 1 aliphatic carbocycles. The SMILES string of the molecule is CCC1C(C)C(C)C1(C)CS. The molecule has 0 heterocycles. The van der Waals surface area contributed by atoms with Crippen LogP contribution in [0.2, 0.25) is 0 Å². The summed E-state index contributed by atoms with van der Waals surface area (Å²) in [7, 11) is 0. The molecule has 1 aliphatic rings. The second kappa shape index (κ2) is 3.01. The topological polar surface area (TPSA) is 0 Å². The number of hydrogen-bond donors (Lipinski definition) is 1. The van der Waals surface area contributed by atoms with Crippen LogP contribution in [0.3, 0.4) is 0 Å². The fourth-order valence-electron chi connectivity index (χ4n) is 2.87. The van der Waals surface area contributed by atoms with Gasteiger partial charge in [-0.05, 0) is 28.9 Å². The highest BCUT2D eigenvalue weighted by molar-refractivity contribution is 7.80. The maximum atomic E-state index is 4.45. The van der Waals surface area contributed by atoms with Gasteiger partial charge in [-0.15, -0.1) is 0 Å². The fraction of sp³-hybridized carbons (Fsp3) is 1.00. The van der Waals surface area contributed by atoms with Crippen molar-refractivity contribution in [2.24, 2.45) is 23.2 Å². The average Bonchev–Trinajstić information content (AvgIpc) is 2.04. The number of hydrogen-bond acceptors (Lipinski definition) is 1. The zero-order valence-corrected chi connectivity index (χ0v) is 8.99. The van der Waals surface area contributed by atoms with Crippen LogP contribution in [0.5, 0.6) is 0 Å². The molecule has 0 saturated heterocycles. The highest BCUT2D eigenvalue weighted by Gasteiger charge is 2.52. The van der Waals surface area contributed by atoms with E-state index < -0.39 is 0 Å². The lowest BCUT2D eigenvalue weighted by atomic mass is 9.48. The van der Waals surface area contributed by atoms with Crippen LogP contribution in [-0.2, 0) is 0 Å². The summed E-state index contributed by atoms with van der Waals surface area (Å²) in [6, 6.07) is 0. The Kier molecular flexibility index (Phi) is 2.58. The van der Waals surface area contributed by atoms with Crippen LogP contribution >= 0.6 is 12.6 Å². The first-order chi connectivity index (χ1) is 5.07. The third-order valence-corrected chi connectivity index (χ3v) is 4.77. The standard InChI is InChI=1S/C10H20S/c1-5-9-7(2)8(3)10(9,4)6-11/h7-9,11H,5-6H2,1-4H3. The molecule has 4 atom stereocenters. The van der Waals surface area contributed by atoms with Gasteiger partial charge in [0.1, 0.15) is 0 Å². The van der Waals surface area contributed by atoms with E-state index in [0.717, 1.165) is 23.5 Å². The van der Waals surface area contributed by atoms with E-state index in [-0.39, 0.29) is 0 Å². The van der Waals surface area contributed by atoms with Crippen molar-refractivity contribution in [2.45, 2.75) is 34.1 Å². The maximum absolute atomic E-state index is 4.45. The monoisotopic (exact) mass is 172 g/mol. The molecule has 1 rings (SSSR count). The van der Waals surface area contributed by atoms with Gasteiger partial charge in [0.2, 0.25) is 0 Å². The van der Waals surface area contributed by atoms with Gasteiger partial charge in [-0.2, -0.15) is 12.6 Å². The Balaban J connectivity index is 2.66. The number of thiol groups is 1. The van der Waals surface area contributed by atoms with Gasteiger partial charge in [0, 0.05) is 0 Å². The molecule has 0 aromatic carbocycles. The minimum absolute atomic E-state index is 0.525. The summed E-state index contributed by atoms with van der Waals surface area (Å²) in [6.45, 7) is 9.44. The second-order valence-electron chi connectivity index (χ2n) is 4.33. The van der Waals surface area contributed by atoms with Gasteiger partial charge in [-0.1, -0.05) is 34.1 Å². The Hall–Kier alpha value is 0.350. The molecule has 0 aliphatic heterocycles. The highest BCUT2D eigenvalue weighted by Crippen LogP contribution is 2.57. The molecule has 66 valence electrons. The van der Waals surface area contributed by atoms with Crippen molar-refractivity contribution in [3.8, 4) is 0 Å². The van der Waals surface area contributed by atoms with Crippen LogP contribution in [0.1, 0.15) is 34.1 Å². The fourth-order valence-corrected chi connectivity index (χ4v) is 3.39. The van der Waals surface area contributed by atoms with E-state index in [2.05, 4.69) is 40.3 Å². The molecule has 1 fully saturated rings. The summed E-state index contributed by atoms with van der Waals surface area (Å²) in [6.07, 6.45) is 1.32. The predicted molar refractivity (Wildman–Crippen MR) is 54.1 cm³/mol. The molecule has 0 N–H and O–H groups in total. The molecule has 1 saturated carbocycles. The van der Waals surface area contributed by atoms with Gasteiger partial charge in [0.25, 0.3) is 0 Å². The van der Waals surface area contributed by atoms with Gasteiger partial charge in [-0.25, -0.2) is 0 Å². The van der Waals surface area contributed by atoms with Crippen LogP contribution in [0, 0.1) is 23.2 Å². The zero-order chi connectivity index (χ0) is 8.65. The molecule has 0 nitrogen and oxygen atoms in total. The number of rotatable bonds is 2. The Bertz CT molecular complexity index is 144. The van der Waals surface area contributed by atoms with Crippen LogP contribution in [0.15, 0.2) is 0 Å². The lowest BCUT2D eigenvalue weighted by molar-refractivity contribution is -0.0740. The van der Waals surface area contributed by atoms with Crippen molar-refractivity contribution < 1.29 is 0 Å². The van der Waals surface area contributed by atoms with E-state index >= 15 is 0 Å². The van der Waals surface area contributed by atoms with E-state index in [1.165, 1.54) is 6.42 Å². The summed E-state index contributed by atoms with van der Waals surface area (Å²) in [5.41, 5.74) is 0.525. The third kappa shape index (κ3) is 1.12. The largest absolute Gasteiger partial charge is 0.179 e. The average molecular weight is 172 g/mol. The van der Waals surface area contributed by atoms with Gasteiger partial charge >= 0.3 is 0 Å². The second-order valence-corrected chi connectivity index (χ2v) is 4.64. The first-order valence-electron chi connectivity index (χ1n) is 4.68. The zero-order valence-electron chi connectivity index (χ0n) is 8.09. The smallest absolute Gasteiger partial charge is 0.00384 e. The van der Waals surface area contributed by atoms with Crippen LogP contribution in [-0.4, -0.2) is 5.75 Å². The van der Waals surface area contributed by atoms with E-state index in [1.807, 2.05) is 0 Å². The molecule has 0 amide bonds. The Labute approximate surface area is 76.2 Å². The minimum atomic E-state index is 0.525. The summed E-state index contributed by atoms with van der Waals surface area (Å²) in [4.78, 5) is 0. The van der Waals surface area contributed by atoms with E-state index in [9.17, 15) is 0 Å². The molecule has 4 unspecified atom stereocenters. The first-order valence-corrected chi connectivity index (χ1v) is 5.32. The molecule has 11 heavy (non-hydrogen) atoms. The van der Waals surface area contributed by atoms with Crippen molar-refractivity contribution in [1.29, 1.82) is 0 Å². The summed E-state index contributed by atoms with van der Waals surface area (Å²) < 4.78 is 0. The van der Waals surface area contributed by atoms with E-state index in [4.69, 9.17) is 0 Å². The lowest BCUT2D eigenvalue weighted by Crippen LogP contribution is -2.53. The summed E-state index contributed by atoms with van der Waals surface area (Å²) in [5, 5.41) is 0. The van der Waals surface area contributed by atoms with Crippen molar-refractivity contribution in [3.05, 3.63) is 0 Å². The van der Waals surface area contributed by atoms with Crippen molar-refractivity contribution in [1.82, 2.24) is 0 Å². The highest BCUT2D eigenvalue weighted by atomic mass is 32.1. The normalized spacial score (nSPS) is 50.5. The van der Waals surface area contributed by atoms with Crippen LogP contribution < -0.4 is 0 Å². The molecular weight excluding hydrogens is 152 g/mol. The molecule has 0 bridgehead atoms. The lowest BCUT2D eigenvalue weighted by Gasteiger charge is -2.58. The van der Waals surface area contributed by atoms with Crippen LogP contribution in [0.4, 0.5) is 0 Å². The van der Waals surface area contributed by atoms with Crippen molar-refractivity contribution >= 4 is 12.6 Å². The molecule has 1 heteroatoms. The molecule has 0 radical (unpaired) electrons.